The van der Waals surface area contributed by atoms with Crippen molar-refractivity contribution >= 4 is 8.69 Å². The van der Waals surface area contributed by atoms with Crippen LogP contribution in [0.1, 0.15) is 0 Å². The Morgan fingerprint density at radius 1 is 1.83 bits per heavy atom. The number of hydrogen-bond acceptors (Lipinski definition) is 3. The van der Waals surface area contributed by atoms with Gasteiger partial charge in [0.15, 0.2) is 0 Å². The molecule has 0 bridgehead atoms. The number of hydrogen-bond donors (Lipinski definition) is 1. The van der Waals surface area contributed by atoms with Crippen LogP contribution in [0.15, 0.2) is 12.5 Å². The van der Waals surface area contributed by atoms with Crippen LogP contribution in [0.4, 0.5) is 0 Å². The third-order valence-electron chi connectivity index (χ3n) is 0.182. The molecule has 4 heteroatoms. The first-order valence-electron chi connectivity index (χ1n) is 1.27. The Labute approximate surface area is 37.1 Å². The van der Waals surface area contributed by atoms with E-state index in [2.05, 4.69) is 4.52 Å². The van der Waals surface area contributed by atoms with Crippen molar-refractivity contribution < 1.29 is 9.09 Å². The molecule has 0 fully saturated rings. The minimum absolute atomic E-state index is 0.371. The minimum Gasteiger partial charge on any atom is -0.414 e. The van der Waals surface area contributed by atoms with E-state index in [1.54, 1.807) is 0 Å². The maximum Gasteiger partial charge on any atom is 0.395 e. The lowest BCUT2D eigenvalue weighted by atomic mass is 11.0. The van der Waals surface area contributed by atoms with Crippen LogP contribution in [0, 0.1) is 0 Å². The molecular formula is C2H4NO2P. The first-order chi connectivity index (χ1) is 2.91. The normalized spacial score (nSPS) is 10.0. The van der Waals surface area contributed by atoms with Crippen LogP contribution < -0.4 is 5.73 Å². The van der Waals surface area contributed by atoms with Crippen LogP contribution in [0.3, 0.4) is 0 Å². The predicted octanol–water partition coefficient (Wildman–Crippen LogP) is 0.640. The van der Waals surface area contributed by atoms with E-state index < -0.39 is 0 Å². The van der Waals surface area contributed by atoms with Crippen molar-refractivity contribution in [3.63, 3.8) is 0 Å². The maximum absolute atomic E-state index is 9.33. The van der Waals surface area contributed by atoms with Gasteiger partial charge in [0.2, 0.25) is 0 Å². The zero-order valence-electron chi connectivity index (χ0n) is 3.00. The summed E-state index contributed by atoms with van der Waals surface area (Å²) in [5.41, 5.74) is 4.77. The third-order valence-corrected chi connectivity index (χ3v) is 0.390. The summed E-state index contributed by atoms with van der Waals surface area (Å²) in [5.74, 6) is 0. The van der Waals surface area contributed by atoms with Crippen molar-refractivity contribution in [2.24, 2.45) is 5.73 Å². The van der Waals surface area contributed by atoms with Gasteiger partial charge in [0.1, 0.15) is 6.26 Å². The summed E-state index contributed by atoms with van der Waals surface area (Å²) in [7, 11) is -0.371. The second-order valence-corrected chi connectivity index (χ2v) is 0.868. The van der Waals surface area contributed by atoms with Crippen LogP contribution in [0.25, 0.3) is 0 Å². The second kappa shape index (κ2) is 4.44. The van der Waals surface area contributed by atoms with E-state index in [0.717, 1.165) is 12.5 Å². The molecule has 0 aliphatic carbocycles. The molecule has 0 aromatic carbocycles. The molecule has 0 saturated carbocycles. The molecule has 0 aromatic rings. The van der Waals surface area contributed by atoms with E-state index >= 15 is 0 Å². The summed E-state index contributed by atoms with van der Waals surface area (Å²) in [4.78, 5) is 0. The molecule has 0 radical (unpaired) electrons. The molecule has 3 nitrogen and oxygen atoms in total. The molecule has 34 valence electrons. The fourth-order valence-electron chi connectivity index (χ4n) is 0.0600. The van der Waals surface area contributed by atoms with Gasteiger partial charge in [-0.3, -0.25) is 0 Å². The second-order valence-electron chi connectivity index (χ2n) is 0.508. The molecule has 2 N–H and O–H groups in total. The standard InChI is InChI=1S/C2H4NO2P/c3-1-2-5-6-4/h1-2H,3H2. The molecule has 0 aliphatic rings. The zero-order chi connectivity index (χ0) is 4.83. The molecule has 0 amide bonds. The lowest BCUT2D eigenvalue weighted by Crippen LogP contribution is -1.73. The predicted molar refractivity (Wildman–Crippen MR) is 22.0 cm³/mol. The van der Waals surface area contributed by atoms with Crippen LogP contribution in [0.5, 0.6) is 0 Å². The van der Waals surface area contributed by atoms with E-state index in [1.807, 2.05) is 0 Å². The summed E-state index contributed by atoms with van der Waals surface area (Å²) in [6, 6.07) is 0. The molecule has 0 saturated heterocycles. The van der Waals surface area contributed by atoms with Gasteiger partial charge in [0.25, 0.3) is 0 Å². The van der Waals surface area contributed by atoms with Gasteiger partial charge in [-0.25, -0.2) is 4.57 Å². The van der Waals surface area contributed by atoms with Crippen molar-refractivity contribution in [3.8, 4) is 0 Å². The number of nitrogens with two attached hydrogens (primary N) is 1. The molecule has 0 aliphatic heterocycles. The highest BCUT2D eigenvalue weighted by Crippen LogP contribution is 1.91. The van der Waals surface area contributed by atoms with E-state index in [1.165, 1.54) is 0 Å². The topological polar surface area (TPSA) is 52.3 Å². The Hall–Kier alpha value is -0.560. The largest absolute Gasteiger partial charge is 0.414 e. The van der Waals surface area contributed by atoms with E-state index in [4.69, 9.17) is 5.73 Å². The fraction of sp³-hybridized carbons (Fsp3) is 0. The Morgan fingerprint density at radius 3 is 2.67 bits per heavy atom. The van der Waals surface area contributed by atoms with Crippen molar-refractivity contribution in [1.82, 2.24) is 0 Å². The Bertz CT molecular complexity index is 62.6. The highest BCUT2D eigenvalue weighted by Gasteiger charge is 1.61. The lowest BCUT2D eigenvalue weighted by Gasteiger charge is -1.72. The Kier molecular flexibility index (Phi) is 4.03. The van der Waals surface area contributed by atoms with Gasteiger partial charge in [-0.05, 0) is 0 Å². The first kappa shape index (κ1) is 5.44. The maximum atomic E-state index is 9.33. The van der Waals surface area contributed by atoms with Crippen LogP contribution in [-0.4, -0.2) is 0 Å². The summed E-state index contributed by atoms with van der Waals surface area (Å²) in [5, 5.41) is 0. The van der Waals surface area contributed by atoms with Crippen LogP contribution >= 0.6 is 8.69 Å². The van der Waals surface area contributed by atoms with Crippen molar-refractivity contribution in [2.75, 3.05) is 0 Å². The third kappa shape index (κ3) is 3.44. The zero-order valence-corrected chi connectivity index (χ0v) is 3.89. The molecule has 0 heterocycles. The van der Waals surface area contributed by atoms with Crippen LogP contribution in [-0.2, 0) is 9.09 Å². The van der Waals surface area contributed by atoms with Gasteiger partial charge >= 0.3 is 8.69 Å². The molecule has 0 aromatic heterocycles. The quantitative estimate of drug-likeness (QED) is 0.414. The molecule has 0 rings (SSSR count). The molecule has 0 spiro atoms. The van der Waals surface area contributed by atoms with Gasteiger partial charge in [-0.2, -0.15) is 0 Å². The average molecular weight is 105 g/mol. The van der Waals surface area contributed by atoms with E-state index in [9.17, 15) is 4.57 Å². The molecular weight excluding hydrogens is 101 g/mol. The Morgan fingerprint density at radius 2 is 2.50 bits per heavy atom. The summed E-state index contributed by atoms with van der Waals surface area (Å²) in [6.45, 7) is 0. The monoisotopic (exact) mass is 105 g/mol. The van der Waals surface area contributed by atoms with E-state index in [-0.39, 0.29) is 8.69 Å². The molecule has 0 atom stereocenters. The minimum atomic E-state index is -0.371. The molecule has 0 unspecified atom stereocenters. The highest BCUT2D eigenvalue weighted by molar-refractivity contribution is 7.17. The highest BCUT2D eigenvalue weighted by atomic mass is 31.1. The fourth-order valence-corrected chi connectivity index (χ4v) is 0.180. The summed E-state index contributed by atoms with van der Waals surface area (Å²) >= 11 is 0. The van der Waals surface area contributed by atoms with Gasteiger partial charge in [-0.1, -0.05) is 0 Å². The smallest absolute Gasteiger partial charge is 0.395 e. The SMILES string of the molecule is NC=COP=O. The van der Waals surface area contributed by atoms with Gasteiger partial charge < -0.3 is 10.3 Å². The van der Waals surface area contributed by atoms with Crippen molar-refractivity contribution in [1.29, 1.82) is 0 Å². The van der Waals surface area contributed by atoms with Gasteiger partial charge in [0, 0.05) is 6.20 Å². The first-order valence-corrected chi connectivity index (χ1v) is 2.00. The Balaban J connectivity index is 2.85. The van der Waals surface area contributed by atoms with Crippen molar-refractivity contribution in [3.05, 3.63) is 12.5 Å². The van der Waals surface area contributed by atoms with Crippen LogP contribution in [0.2, 0.25) is 0 Å². The summed E-state index contributed by atoms with van der Waals surface area (Å²) in [6.07, 6.45) is 2.29. The molecule has 6 heavy (non-hydrogen) atoms. The van der Waals surface area contributed by atoms with Gasteiger partial charge in [0.05, 0.1) is 0 Å². The summed E-state index contributed by atoms with van der Waals surface area (Å²) < 4.78 is 13.4. The van der Waals surface area contributed by atoms with Gasteiger partial charge in [-0.15, -0.1) is 0 Å². The van der Waals surface area contributed by atoms with Crippen molar-refractivity contribution in [2.45, 2.75) is 0 Å². The average Bonchev–Trinajstić information content (AvgIpc) is 1.61. The lowest BCUT2D eigenvalue weighted by molar-refractivity contribution is 0.482. The van der Waals surface area contributed by atoms with E-state index in [0.29, 0.717) is 0 Å². The number of rotatable bonds is 2.